The molecule has 0 fully saturated rings. The van der Waals surface area contributed by atoms with Crippen molar-refractivity contribution in [1.29, 1.82) is 0 Å². The Labute approximate surface area is 250 Å². The first-order valence-corrected chi connectivity index (χ1v) is 15.1. The quantitative estimate of drug-likeness (QED) is 0.181. The van der Waals surface area contributed by atoms with Gasteiger partial charge in [0, 0.05) is 0 Å². The first-order valence-electron chi connectivity index (χ1n) is 15.1. The molecule has 1 spiro atoms. The summed E-state index contributed by atoms with van der Waals surface area (Å²) in [4.78, 5) is 0. The molecule has 0 heteroatoms. The first kappa shape index (κ1) is 23.1. The number of rotatable bonds is 1. The molecule has 0 heterocycles. The molecule has 8 aromatic rings. The zero-order valence-electron chi connectivity index (χ0n) is 23.5. The fraction of sp³-hybridized carbons (Fsp3) is 0.0233. The van der Waals surface area contributed by atoms with Crippen molar-refractivity contribution in [3.05, 3.63) is 180 Å². The van der Waals surface area contributed by atoms with Crippen LogP contribution in [0.3, 0.4) is 0 Å². The fourth-order valence-corrected chi connectivity index (χ4v) is 8.28. The average molecular weight is 543 g/mol. The van der Waals surface area contributed by atoms with Gasteiger partial charge in [-0.15, -0.1) is 0 Å². The third-order valence-electron chi connectivity index (χ3n) is 10.0. The van der Waals surface area contributed by atoms with Crippen LogP contribution in [0.25, 0.3) is 65.7 Å². The highest BCUT2D eigenvalue weighted by Crippen LogP contribution is 2.63. The molecule has 43 heavy (non-hydrogen) atoms. The van der Waals surface area contributed by atoms with Gasteiger partial charge in [-0.1, -0.05) is 133 Å². The van der Waals surface area contributed by atoms with Crippen molar-refractivity contribution >= 4 is 32.3 Å². The van der Waals surface area contributed by atoms with Crippen LogP contribution in [0, 0.1) is 0 Å². The van der Waals surface area contributed by atoms with Gasteiger partial charge in [0.15, 0.2) is 0 Å². The van der Waals surface area contributed by atoms with Gasteiger partial charge in [0.05, 0.1) is 5.41 Å². The van der Waals surface area contributed by atoms with Crippen LogP contribution in [-0.4, -0.2) is 0 Å². The van der Waals surface area contributed by atoms with E-state index in [9.17, 15) is 0 Å². The maximum atomic E-state index is 2.51. The summed E-state index contributed by atoms with van der Waals surface area (Å²) in [6, 6.07) is 59.1. The molecule has 0 N–H and O–H groups in total. The standard InChI is InChI=1S/C43H26/c1-2-12-28-25-42-38(23-27(28)11-1)36-22-21-30(37-24-29-13-3-4-14-31(29)32-15-5-6-16-33(32)37)26-41(36)43(42)39-19-9-7-17-34(39)35-18-8-10-20-40(35)43/h1-26H. The summed E-state index contributed by atoms with van der Waals surface area (Å²) >= 11 is 0. The molecule has 10 rings (SSSR count). The van der Waals surface area contributed by atoms with Gasteiger partial charge in [-0.05, 0) is 112 Å². The summed E-state index contributed by atoms with van der Waals surface area (Å²) in [7, 11) is 0. The van der Waals surface area contributed by atoms with E-state index in [0.717, 1.165) is 0 Å². The lowest BCUT2D eigenvalue weighted by Crippen LogP contribution is -2.25. The Hall–Kier alpha value is -5.46. The molecule has 0 unspecified atom stereocenters. The molecular formula is C43H26. The van der Waals surface area contributed by atoms with Crippen molar-refractivity contribution in [1.82, 2.24) is 0 Å². The molecule has 0 saturated heterocycles. The molecule has 0 radical (unpaired) electrons. The largest absolute Gasteiger partial charge is 0.0725 e. The van der Waals surface area contributed by atoms with Gasteiger partial charge >= 0.3 is 0 Å². The molecule has 2 aliphatic carbocycles. The van der Waals surface area contributed by atoms with E-state index < -0.39 is 0 Å². The second kappa shape index (κ2) is 8.31. The maximum absolute atomic E-state index is 2.51. The van der Waals surface area contributed by atoms with Crippen LogP contribution in [0.5, 0.6) is 0 Å². The van der Waals surface area contributed by atoms with Crippen LogP contribution in [0.1, 0.15) is 22.3 Å². The minimum absolute atomic E-state index is 0.370. The minimum atomic E-state index is -0.370. The van der Waals surface area contributed by atoms with Gasteiger partial charge in [0.1, 0.15) is 0 Å². The van der Waals surface area contributed by atoms with Crippen LogP contribution in [0.15, 0.2) is 158 Å². The topological polar surface area (TPSA) is 0 Å². The SMILES string of the molecule is c1ccc2c(c1)-c1ccccc1C21c2cc(-c3cc4ccccc4c4ccccc34)ccc2-c2cc3ccccc3cc21. The molecule has 8 aromatic carbocycles. The van der Waals surface area contributed by atoms with Gasteiger partial charge in [-0.3, -0.25) is 0 Å². The van der Waals surface area contributed by atoms with E-state index in [1.165, 1.54) is 88.0 Å². The molecule has 0 atom stereocenters. The van der Waals surface area contributed by atoms with Crippen molar-refractivity contribution in [2.75, 3.05) is 0 Å². The van der Waals surface area contributed by atoms with E-state index in [2.05, 4.69) is 158 Å². The molecule has 0 nitrogen and oxygen atoms in total. The van der Waals surface area contributed by atoms with Crippen LogP contribution in [0.4, 0.5) is 0 Å². The predicted octanol–water partition coefficient (Wildman–Crippen LogP) is 11.2. The van der Waals surface area contributed by atoms with Crippen molar-refractivity contribution < 1.29 is 0 Å². The average Bonchev–Trinajstić information content (AvgIpc) is 3.53. The summed E-state index contributed by atoms with van der Waals surface area (Å²) in [6.07, 6.45) is 0. The van der Waals surface area contributed by atoms with Gasteiger partial charge in [-0.2, -0.15) is 0 Å². The number of hydrogen-bond acceptors (Lipinski definition) is 0. The van der Waals surface area contributed by atoms with E-state index in [1.807, 2.05) is 0 Å². The minimum Gasteiger partial charge on any atom is -0.0619 e. The molecule has 198 valence electrons. The molecular weight excluding hydrogens is 516 g/mol. The van der Waals surface area contributed by atoms with Gasteiger partial charge in [-0.25, -0.2) is 0 Å². The zero-order chi connectivity index (χ0) is 28.1. The maximum Gasteiger partial charge on any atom is 0.0725 e. The van der Waals surface area contributed by atoms with Gasteiger partial charge < -0.3 is 0 Å². The Kier molecular flexibility index (Phi) is 4.47. The Morgan fingerprint density at radius 2 is 0.791 bits per heavy atom. The summed E-state index contributed by atoms with van der Waals surface area (Å²) in [5.74, 6) is 0. The number of benzene rings is 8. The van der Waals surface area contributed by atoms with Crippen molar-refractivity contribution in [3.8, 4) is 33.4 Å². The molecule has 0 aliphatic heterocycles. The van der Waals surface area contributed by atoms with Gasteiger partial charge in [0.2, 0.25) is 0 Å². The third-order valence-corrected chi connectivity index (χ3v) is 10.0. The molecule has 0 amide bonds. The van der Waals surface area contributed by atoms with Crippen molar-refractivity contribution in [2.45, 2.75) is 5.41 Å². The Morgan fingerprint density at radius 1 is 0.279 bits per heavy atom. The highest BCUT2D eigenvalue weighted by Gasteiger charge is 2.51. The second-order valence-corrected chi connectivity index (χ2v) is 12.0. The van der Waals surface area contributed by atoms with Crippen LogP contribution in [0.2, 0.25) is 0 Å². The van der Waals surface area contributed by atoms with E-state index in [4.69, 9.17) is 0 Å². The predicted molar refractivity (Wildman–Crippen MR) is 181 cm³/mol. The second-order valence-electron chi connectivity index (χ2n) is 12.0. The Bertz CT molecular complexity index is 2410. The van der Waals surface area contributed by atoms with E-state index in [1.54, 1.807) is 0 Å². The van der Waals surface area contributed by atoms with Gasteiger partial charge in [0.25, 0.3) is 0 Å². The lowest BCUT2D eigenvalue weighted by molar-refractivity contribution is 0.795. The Morgan fingerprint density at radius 3 is 1.53 bits per heavy atom. The summed E-state index contributed by atoms with van der Waals surface area (Å²) in [5, 5.41) is 7.75. The van der Waals surface area contributed by atoms with E-state index in [0.29, 0.717) is 0 Å². The van der Waals surface area contributed by atoms with Crippen molar-refractivity contribution in [2.24, 2.45) is 0 Å². The third kappa shape index (κ3) is 2.90. The Balaban J connectivity index is 1.35. The number of hydrogen-bond donors (Lipinski definition) is 0. The lowest BCUT2D eigenvalue weighted by atomic mass is 9.70. The first-order chi connectivity index (χ1) is 21.3. The summed E-state index contributed by atoms with van der Waals surface area (Å²) in [6.45, 7) is 0. The molecule has 2 aliphatic rings. The number of fused-ring (bicyclic) bond motifs is 14. The highest BCUT2D eigenvalue weighted by molar-refractivity contribution is 6.14. The fourth-order valence-electron chi connectivity index (χ4n) is 8.28. The monoisotopic (exact) mass is 542 g/mol. The summed E-state index contributed by atoms with van der Waals surface area (Å²) in [5.41, 5.74) is 13.1. The van der Waals surface area contributed by atoms with Crippen LogP contribution in [-0.2, 0) is 5.41 Å². The molecule has 0 aromatic heterocycles. The lowest BCUT2D eigenvalue weighted by Gasteiger charge is -2.31. The van der Waals surface area contributed by atoms with Crippen LogP contribution >= 0.6 is 0 Å². The van der Waals surface area contributed by atoms with Crippen molar-refractivity contribution in [3.63, 3.8) is 0 Å². The smallest absolute Gasteiger partial charge is 0.0619 e. The van der Waals surface area contributed by atoms with Crippen LogP contribution < -0.4 is 0 Å². The summed E-state index contributed by atoms with van der Waals surface area (Å²) < 4.78 is 0. The molecule has 0 bridgehead atoms. The van der Waals surface area contributed by atoms with E-state index in [-0.39, 0.29) is 5.41 Å². The zero-order valence-corrected chi connectivity index (χ0v) is 23.5. The normalized spacial score (nSPS) is 13.8. The highest BCUT2D eigenvalue weighted by atomic mass is 14.5. The van der Waals surface area contributed by atoms with E-state index >= 15 is 0 Å². The molecule has 0 saturated carbocycles.